The molecule has 1 nitrogen and oxygen atoms in total. The van der Waals surface area contributed by atoms with Crippen molar-refractivity contribution in [1.82, 2.24) is 0 Å². The smallest absolute Gasteiger partial charge is 0.242 e. The molecule has 80 valence electrons. The Labute approximate surface area is 87.1 Å². The highest BCUT2D eigenvalue weighted by Gasteiger charge is 2.39. The van der Waals surface area contributed by atoms with Crippen LogP contribution in [0.15, 0.2) is 24.3 Å². The Morgan fingerprint density at radius 2 is 2.00 bits per heavy atom. The Balaban J connectivity index is 2.26. The molecule has 0 amide bonds. The van der Waals surface area contributed by atoms with Crippen molar-refractivity contribution in [2.24, 2.45) is 5.92 Å². The Morgan fingerprint density at radius 3 is 2.53 bits per heavy atom. The van der Waals surface area contributed by atoms with Gasteiger partial charge in [0.1, 0.15) is 6.29 Å². The predicted molar refractivity (Wildman–Crippen MR) is 53.3 cm³/mol. The summed E-state index contributed by atoms with van der Waals surface area (Å²) in [5.74, 6) is -0.697. The van der Waals surface area contributed by atoms with Crippen LogP contribution in [0.25, 0.3) is 0 Å². The number of benzene rings is 1. The quantitative estimate of drug-likeness (QED) is 0.700. The number of carbonyl (C=O) groups excluding carboxylic acids is 1. The van der Waals surface area contributed by atoms with Crippen LogP contribution in [0, 0.1) is 5.92 Å². The Morgan fingerprint density at radius 1 is 1.27 bits per heavy atom. The van der Waals surface area contributed by atoms with E-state index in [0.717, 1.165) is 18.3 Å². The van der Waals surface area contributed by atoms with Crippen LogP contribution in [-0.2, 0) is 0 Å². The highest BCUT2D eigenvalue weighted by Crippen LogP contribution is 2.46. The summed E-state index contributed by atoms with van der Waals surface area (Å²) >= 11 is 0. The summed E-state index contributed by atoms with van der Waals surface area (Å²) < 4.78 is 25.1. The Hall–Kier alpha value is -1.25. The van der Waals surface area contributed by atoms with Gasteiger partial charge in [0.2, 0.25) is 6.43 Å². The molecular formula is C12H12F2O. The number of carbonyl (C=O) groups is 1. The highest BCUT2D eigenvalue weighted by molar-refractivity contribution is 5.77. The van der Waals surface area contributed by atoms with Gasteiger partial charge in [-0.2, -0.15) is 0 Å². The average Bonchev–Trinajstić information content (AvgIpc) is 2.16. The van der Waals surface area contributed by atoms with Crippen molar-refractivity contribution < 1.29 is 13.6 Å². The molecule has 0 heterocycles. The molecule has 1 aromatic rings. The summed E-state index contributed by atoms with van der Waals surface area (Å²) in [6.07, 6.45) is -0.200. The van der Waals surface area contributed by atoms with Crippen LogP contribution in [0.1, 0.15) is 34.7 Å². The lowest BCUT2D eigenvalue weighted by Gasteiger charge is -2.36. The minimum Gasteiger partial charge on any atom is -0.298 e. The first kappa shape index (κ1) is 10.3. The number of rotatable bonds is 3. The normalized spacial score (nSPS) is 25.0. The van der Waals surface area contributed by atoms with Crippen molar-refractivity contribution in [2.75, 3.05) is 0 Å². The molecule has 0 aromatic heterocycles. The van der Waals surface area contributed by atoms with Gasteiger partial charge in [-0.05, 0) is 24.3 Å². The molecule has 0 spiro atoms. The largest absolute Gasteiger partial charge is 0.298 e. The number of halogens is 2. The first-order valence-electron chi connectivity index (χ1n) is 5.06. The van der Waals surface area contributed by atoms with Crippen LogP contribution in [-0.4, -0.2) is 12.7 Å². The molecule has 0 radical (unpaired) electrons. The third-order valence-electron chi connectivity index (χ3n) is 3.17. The van der Waals surface area contributed by atoms with Crippen LogP contribution < -0.4 is 0 Å². The topological polar surface area (TPSA) is 17.1 Å². The molecular weight excluding hydrogens is 198 g/mol. The molecule has 1 fully saturated rings. The second kappa shape index (κ2) is 4.09. The van der Waals surface area contributed by atoms with Crippen molar-refractivity contribution >= 4 is 6.29 Å². The first-order valence-corrected chi connectivity index (χ1v) is 5.06. The summed E-state index contributed by atoms with van der Waals surface area (Å²) in [6.45, 7) is 0. The summed E-state index contributed by atoms with van der Waals surface area (Å²) in [5, 5.41) is 0. The maximum absolute atomic E-state index is 12.6. The zero-order chi connectivity index (χ0) is 10.8. The molecule has 1 aromatic carbocycles. The van der Waals surface area contributed by atoms with E-state index in [0.29, 0.717) is 12.0 Å². The van der Waals surface area contributed by atoms with Gasteiger partial charge >= 0.3 is 0 Å². The van der Waals surface area contributed by atoms with Crippen molar-refractivity contribution in [3.63, 3.8) is 0 Å². The van der Waals surface area contributed by atoms with E-state index in [2.05, 4.69) is 0 Å². The summed E-state index contributed by atoms with van der Waals surface area (Å²) in [5.41, 5.74) is 1.33. The lowest BCUT2D eigenvalue weighted by Crippen LogP contribution is -2.30. The monoisotopic (exact) mass is 210 g/mol. The predicted octanol–water partition coefficient (Wildman–Crippen LogP) is 3.26. The minimum absolute atomic E-state index is 0.133. The number of alkyl halides is 2. The van der Waals surface area contributed by atoms with Crippen molar-refractivity contribution in [3.8, 4) is 0 Å². The van der Waals surface area contributed by atoms with Crippen LogP contribution >= 0.6 is 0 Å². The first-order chi connectivity index (χ1) is 7.24. The molecule has 2 atom stereocenters. The molecule has 1 saturated carbocycles. The molecule has 0 aliphatic heterocycles. The summed E-state index contributed by atoms with van der Waals surface area (Å²) in [7, 11) is 0. The number of aldehydes is 1. The van der Waals surface area contributed by atoms with Crippen LogP contribution in [0.4, 0.5) is 8.78 Å². The van der Waals surface area contributed by atoms with Gasteiger partial charge in [0.15, 0.2) is 0 Å². The number of hydrogen-bond acceptors (Lipinski definition) is 1. The maximum atomic E-state index is 12.6. The van der Waals surface area contributed by atoms with Crippen molar-refractivity contribution in [2.45, 2.75) is 25.2 Å². The molecule has 1 aliphatic carbocycles. The molecule has 0 N–H and O–H groups in total. The number of hydrogen-bond donors (Lipinski definition) is 0. The molecule has 2 rings (SSSR count). The second-order valence-electron chi connectivity index (χ2n) is 3.93. The summed E-state index contributed by atoms with van der Waals surface area (Å²) in [4.78, 5) is 10.8. The lowest BCUT2D eigenvalue weighted by molar-refractivity contribution is 0.0166. The molecule has 0 saturated heterocycles. The van der Waals surface area contributed by atoms with Crippen LogP contribution in [0.3, 0.4) is 0 Å². The molecule has 0 bridgehead atoms. The van der Waals surface area contributed by atoms with Gasteiger partial charge in [-0.25, -0.2) is 8.78 Å². The molecule has 15 heavy (non-hydrogen) atoms. The summed E-state index contributed by atoms with van der Waals surface area (Å²) in [6, 6.07) is 7.01. The second-order valence-corrected chi connectivity index (χ2v) is 3.93. The van der Waals surface area contributed by atoms with E-state index in [1.165, 1.54) is 0 Å². The van der Waals surface area contributed by atoms with Gasteiger partial charge in [0.05, 0.1) is 0 Å². The van der Waals surface area contributed by atoms with Gasteiger partial charge in [-0.15, -0.1) is 0 Å². The van der Waals surface area contributed by atoms with Crippen LogP contribution in [0.2, 0.25) is 0 Å². The molecule has 1 aliphatic rings. The van der Waals surface area contributed by atoms with Crippen LogP contribution in [0.5, 0.6) is 0 Å². The minimum atomic E-state index is -2.27. The van der Waals surface area contributed by atoms with Gasteiger partial charge < -0.3 is 0 Å². The van der Waals surface area contributed by atoms with E-state index in [4.69, 9.17) is 0 Å². The van der Waals surface area contributed by atoms with E-state index in [9.17, 15) is 13.6 Å². The SMILES string of the molecule is O=Cc1ccccc1C1CCC1C(F)F. The Kier molecular flexibility index (Phi) is 2.80. The van der Waals surface area contributed by atoms with E-state index < -0.39 is 12.3 Å². The fourth-order valence-electron chi connectivity index (χ4n) is 2.17. The lowest BCUT2D eigenvalue weighted by atomic mass is 9.69. The van der Waals surface area contributed by atoms with E-state index in [1.54, 1.807) is 24.3 Å². The van der Waals surface area contributed by atoms with E-state index in [1.807, 2.05) is 0 Å². The van der Waals surface area contributed by atoms with Crippen molar-refractivity contribution in [1.29, 1.82) is 0 Å². The average molecular weight is 210 g/mol. The standard InChI is InChI=1S/C12H12F2O/c13-12(14)11-6-5-10(11)9-4-2-1-3-8(9)7-15/h1-4,7,10-12H,5-6H2. The highest BCUT2D eigenvalue weighted by atomic mass is 19.3. The zero-order valence-corrected chi connectivity index (χ0v) is 8.20. The van der Waals surface area contributed by atoms with Gasteiger partial charge in [-0.1, -0.05) is 24.3 Å². The van der Waals surface area contributed by atoms with E-state index >= 15 is 0 Å². The fraction of sp³-hybridized carbons (Fsp3) is 0.417. The third kappa shape index (κ3) is 1.78. The fourth-order valence-corrected chi connectivity index (χ4v) is 2.17. The third-order valence-corrected chi connectivity index (χ3v) is 3.17. The molecule has 3 heteroatoms. The van der Waals surface area contributed by atoms with Crippen molar-refractivity contribution in [3.05, 3.63) is 35.4 Å². The van der Waals surface area contributed by atoms with E-state index in [-0.39, 0.29) is 5.92 Å². The molecule has 2 unspecified atom stereocenters. The Bertz CT molecular complexity index is 362. The maximum Gasteiger partial charge on any atom is 0.242 e. The van der Waals surface area contributed by atoms with Gasteiger partial charge in [0, 0.05) is 11.5 Å². The van der Waals surface area contributed by atoms with Gasteiger partial charge in [-0.3, -0.25) is 4.79 Å². The zero-order valence-electron chi connectivity index (χ0n) is 8.20. The van der Waals surface area contributed by atoms with Gasteiger partial charge in [0.25, 0.3) is 0 Å².